The number of aryl methyl sites for hydroxylation is 2. The smallest absolute Gasteiger partial charge is 0.328 e. The third-order valence-electron chi connectivity index (χ3n) is 3.61. The lowest BCUT2D eigenvalue weighted by molar-refractivity contribution is -0.145. The fourth-order valence-corrected chi connectivity index (χ4v) is 2.49. The molecule has 0 heterocycles. The number of nitrogens with one attached hydrogen (secondary N) is 2. The van der Waals surface area contributed by atoms with Gasteiger partial charge in [-0.2, -0.15) is 11.8 Å². The van der Waals surface area contributed by atoms with Crippen molar-refractivity contribution in [3.63, 3.8) is 0 Å². The van der Waals surface area contributed by atoms with E-state index in [2.05, 4.69) is 15.4 Å². The van der Waals surface area contributed by atoms with Gasteiger partial charge in [0, 0.05) is 5.56 Å². The fourth-order valence-electron chi connectivity index (χ4n) is 2.02. The van der Waals surface area contributed by atoms with Crippen molar-refractivity contribution in [2.45, 2.75) is 26.3 Å². The van der Waals surface area contributed by atoms with Gasteiger partial charge in [-0.15, -0.1) is 0 Å². The summed E-state index contributed by atoms with van der Waals surface area (Å²) >= 11 is 1.57. The average Bonchev–Trinajstić information content (AvgIpc) is 2.58. The molecule has 1 aromatic rings. The fraction of sp³-hybridized carbons (Fsp3) is 0.471. The quantitative estimate of drug-likeness (QED) is 0.692. The molecule has 0 bridgehead atoms. The number of carbonyl (C=O) groups is 3. The minimum absolute atomic E-state index is 0.196. The van der Waals surface area contributed by atoms with Crippen LogP contribution in [0.15, 0.2) is 18.2 Å². The van der Waals surface area contributed by atoms with Gasteiger partial charge in [0.15, 0.2) is 0 Å². The molecule has 0 aromatic heterocycles. The van der Waals surface area contributed by atoms with E-state index in [-0.39, 0.29) is 12.5 Å². The van der Waals surface area contributed by atoms with Crippen LogP contribution in [0.25, 0.3) is 0 Å². The first kappa shape index (κ1) is 20.0. The molecule has 0 saturated carbocycles. The number of thioether (sulfide) groups is 1. The topological polar surface area (TPSA) is 84.5 Å². The van der Waals surface area contributed by atoms with Gasteiger partial charge in [-0.25, -0.2) is 4.79 Å². The van der Waals surface area contributed by atoms with E-state index in [4.69, 9.17) is 0 Å². The first-order valence-electron chi connectivity index (χ1n) is 7.60. The molecule has 1 atom stereocenters. The normalized spacial score (nSPS) is 11.5. The number of carbonyl (C=O) groups excluding carboxylic acids is 3. The van der Waals surface area contributed by atoms with Crippen LogP contribution < -0.4 is 10.6 Å². The Balaban J connectivity index is 2.55. The molecule has 0 spiro atoms. The van der Waals surface area contributed by atoms with Gasteiger partial charge in [-0.1, -0.05) is 6.07 Å². The van der Waals surface area contributed by atoms with Crippen molar-refractivity contribution in [1.29, 1.82) is 0 Å². The zero-order valence-corrected chi connectivity index (χ0v) is 15.3. The highest BCUT2D eigenvalue weighted by Crippen LogP contribution is 2.09. The molecule has 24 heavy (non-hydrogen) atoms. The molecule has 0 aliphatic rings. The molecule has 0 unspecified atom stereocenters. The lowest BCUT2D eigenvalue weighted by atomic mass is 10.1. The molecule has 6 nitrogen and oxygen atoms in total. The van der Waals surface area contributed by atoms with Gasteiger partial charge in [-0.3, -0.25) is 9.59 Å². The highest BCUT2D eigenvalue weighted by molar-refractivity contribution is 7.98. The maximum Gasteiger partial charge on any atom is 0.328 e. The third kappa shape index (κ3) is 6.23. The van der Waals surface area contributed by atoms with Gasteiger partial charge in [0.2, 0.25) is 5.91 Å². The summed E-state index contributed by atoms with van der Waals surface area (Å²) in [5.74, 6) is -0.525. The van der Waals surface area contributed by atoms with Gasteiger partial charge in [-0.05, 0) is 55.5 Å². The van der Waals surface area contributed by atoms with E-state index in [9.17, 15) is 14.4 Å². The molecule has 0 aliphatic heterocycles. The maximum atomic E-state index is 12.1. The number of rotatable bonds is 8. The van der Waals surface area contributed by atoms with E-state index in [1.807, 2.05) is 26.2 Å². The Morgan fingerprint density at radius 1 is 1.21 bits per heavy atom. The van der Waals surface area contributed by atoms with Gasteiger partial charge >= 0.3 is 5.97 Å². The number of benzene rings is 1. The lowest BCUT2D eigenvalue weighted by Gasteiger charge is -2.16. The lowest BCUT2D eigenvalue weighted by Crippen LogP contribution is -2.46. The average molecular weight is 352 g/mol. The Bertz CT molecular complexity index is 604. The molecule has 7 heteroatoms. The van der Waals surface area contributed by atoms with Crippen LogP contribution in [0.3, 0.4) is 0 Å². The summed E-state index contributed by atoms with van der Waals surface area (Å²) in [6, 6.07) is 4.65. The van der Waals surface area contributed by atoms with Crippen LogP contribution >= 0.6 is 11.8 Å². The Kier molecular flexibility index (Phi) is 8.32. The SMILES string of the molecule is COC(=O)[C@@H](CCSC)NC(=O)CNC(=O)c1ccc(C)c(C)c1. The summed E-state index contributed by atoms with van der Waals surface area (Å²) in [7, 11) is 1.28. The first-order valence-corrected chi connectivity index (χ1v) is 9.00. The summed E-state index contributed by atoms with van der Waals surface area (Å²) in [4.78, 5) is 35.7. The van der Waals surface area contributed by atoms with E-state index < -0.39 is 17.9 Å². The van der Waals surface area contributed by atoms with Crippen LogP contribution in [0, 0.1) is 13.8 Å². The summed E-state index contributed by atoms with van der Waals surface area (Å²) in [6.45, 7) is 3.69. The van der Waals surface area contributed by atoms with Crippen molar-refractivity contribution < 1.29 is 19.1 Å². The van der Waals surface area contributed by atoms with Crippen LogP contribution in [0.2, 0.25) is 0 Å². The first-order chi connectivity index (χ1) is 11.4. The predicted octanol–water partition coefficient (Wildman–Crippen LogP) is 1.44. The molecular formula is C17H24N2O4S. The minimum Gasteiger partial charge on any atom is -0.467 e. The number of esters is 1. The molecular weight excluding hydrogens is 328 g/mol. The largest absolute Gasteiger partial charge is 0.467 e. The Hall–Kier alpha value is -2.02. The Morgan fingerprint density at radius 3 is 2.50 bits per heavy atom. The minimum atomic E-state index is -0.700. The molecule has 132 valence electrons. The van der Waals surface area contributed by atoms with Gasteiger partial charge < -0.3 is 15.4 Å². The van der Waals surface area contributed by atoms with Crippen molar-refractivity contribution in [3.8, 4) is 0 Å². The van der Waals surface area contributed by atoms with Crippen molar-refractivity contribution in [1.82, 2.24) is 10.6 Å². The monoisotopic (exact) mass is 352 g/mol. The zero-order chi connectivity index (χ0) is 18.1. The Labute approximate surface area is 146 Å². The Morgan fingerprint density at radius 2 is 1.92 bits per heavy atom. The van der Waals surface area contributed by atoms with E-state index in [1.165, 1.54) is 7.11 Å². The summed E-state index contributed by atoms with van der Waals surface area (Å²) < 4.78 is 4.68. The van der Waals surface area contributed by atoms with Crippen molar-refractivity contribution >= 4 is 29.5 Å². The highest BCUT2D eigenvalue weighted by atomic mass is 32.2. The summed E-state index contributed by atoms with van der Waals surface area (Å²) in [6.07, 6.45) is 2.39. The summed E-state index contributed by atoms with van der Waals surface area (Å²) in [5.41, 5.74) is 2.60. The van der Waals surface area contributed by atoms with E-state index in [0.717, 1.165) is 16.9 Å². The van der Waals surface area contributed by atoms with Crippen molar-refractivity contribution in [2.75, 3.05) is 25.7 Å². The predicted molar refractivity (Wildman–Crippen MR) is 95.2 cm³/mol. The molecule has 1 aromatic carbocycles. The third-order valence-corrected chi connectivity index (χ3v) is 4.25. The van der Waals surface area contributed by atoms with Crippen LogP contribution in [0.1, 0.15) is 27.9 Å². The molecule has 0 aliphatic carbocycles. The van der Waals surface area contributed by atoms with Crippen LogP contribution in [-0.4, -0.2) is 49.5 Å². The molecule has 2 amide bonds. The molecule has 0 radical (unpaired) electrons. The number of amides is 2. The van der Waals surface area contributed by atoms with Gasteiger partial charge in [0.1, 0.15) is 6.04 Å². The van der Waals surface area contributed by atoms with Crippen molar-refractivity contribution in [2.24, 2.45) is 0 Å². The molecule has 0 fully saturated rings. The van der Waals surface area contributed by atoms with Crippen LogP contribution in [0.5, 0.6) is 0 Å². The number of hydrogen-bond acceptors (Lipinski definition) is 5. The number of hydrogen-bond donors (Lipinski definition) is 2. The van der Waals surface area contributed by atoms with Gasteiger partial charge in [0.25, 0.3) is 5.91 Å². The maximum absolute atomic E-state index is 12.1. The van der Waals surface area contributed by atoms with E-state index in [1.54, 1.807) is 23.9 Å². The van der Waals surface area contributed by atoms with Crippen molar-refractivity contribution in [3.05, 3.63) is 34.9 Å². The standard InChI is InChI=1S/C17H24N2O4S/c1-11-5-6-13(9-12(11)2)16(21)18-10-15(20)19-14(7-8-24-4)17(22)23-3/h5-6,9,14H,7-8,10H2,1-4H3,(H,18,21)(H,19,20)/t14-/m1/s1. The second-order valence-corrected chi connectivity index (χ2v) is 6.39. The second kappa shape index (κ2) is 9.97. The zero-order valence-electron chi connectivity index (χ0n) is 14.5. The van der Waals surface area contributed by atoms with E-state index in [0.29, 0.717) is 12.0 Å². The molecule has 2 N–H and O–H groups in total. The van der Waals surface area contributed by atoms with Gasteiger partial charge in [0.05, 0.1) is 13.7 Å². The summed E-state index contributed by atoms with van der Waals surface area (Å²) in [5, 5.41) is 5.14. The van der Waals surface area contributed by atoms with E-state index >= 15 is 0 Å². The number of ether oxygens (including phenoxy) is 1. The number of methoxy groups -OCH3 is 1. The van der Waals surface area contributed by atoms with Crippen LogP contribution in [0.4, 0.5) is 0 Å². The second-order valence-electron chi connectivity index (χ2n) is 5.41. The van der Waals surface area contributed by atoms with Crippen LogP contribution in [-0.2, 0) is 14.3 Å². The molecule has 0 saturated heterocycles. The highest BCUT2D eigenvalue weighted by Gasteiger charge is 2.21. The molecule has 1 rings (SSSR count).